The van der Waals surface area contributed by atoms with Gasteiger partial charge in [0.1, 0.15) is 11.6 Å². The van der Waals surface area contributed by atoms with Gasteiger partial charge in [-0.3, -0.25) is 9.36 Å². The third-order valence-electron chi connectivity index (χ3n) is 6.13. The van der Waals surface area contributed by atoms with Crippen molar-refractivity contribution in [2.24, 2.45) is 0 Å². The number of aryl methyl sites for hydroxylation is 1. The molecule has 34 heavy (non-hydrogen) atoms. The second kappa shape index (κ2) is 8.94. The minimum atomic E-state index is -0.309. The highest BCUT2D eigenvalue weighted by Crippen LogP contribution is 2.29. The summed E-state index contributed by atoms with van der Waals surface area (Å²) in [5, 5.41) is 0.517. The highest BCUT2D eigenvalue weighted by molar-refractivity contribution is 5.83. The number of anilines is 2. The molecule has 5 rings (SSSR count). The van der Waals surface area contributed by atoms with Crippen LogP contribution in [-0.2, 0) is 0 Å². The van der Waals surface area contributed by atoms with Crippen molar-refractivity contribution in [1.29, 1.82) is 0 Å². The van der Waals surface area contributed by atoms with E-state index in [1.165, 1.54) is 12.1 Å². The van der Waals surface area contributed by atoms with Crippen LogP contribution < -0.4 is 10.5 Å². The van der Waals surface area contributed by atoms with E-state index < -0.39 is 0 Å². The van der Waals surface area contributed by atoms with Crippen LogP contribution in [0.1, 0.15) is 23.0 Å². The molecule has 168 valence electrons. The smallest absolute Gasteiger partial charge is 0.262 e. The minimum absolute atomic E-state index is 0.116. The number of aromatic nitrogens is 2. The SMILES string of the molecule is Cc1nc2ccc(N(C)c3cccc(F)c3)cc2c(=O)n1C(c1ccccc1)c1ccccc1. The number of hydrogen-bond donors (Lipinski definition) is 0. The molecule has 0 unspecified atom stereocenters. The number of fused-ring (bicyclic) bond motifs is 1. The highest BCUT2D eigenvalue weighted by atomic mass is 19.1. The number of halogens is 1. The van der Waals surface area contributed by atoms with Gasteiger partial charge in [0.25, 0.3) is 5.56 Å². The van der Waals surface area contributed by atoms with Crippen LogP contribution in [0.2, 0.25) is 0 Å². The first-order chi connectivity index (χ1) is 16.5. The molecular weight excluding hydrogens is 425 g/mol. The van der Waals surface area contributed by atoms with Gasteiger partial charge in [0.2, 0.25) is 0 Å². The molecule has 0 aliphatic rings. The van der Waals surface area contributed by atoms with Gasteiger partial charge in [0.05, 0.1) is 16.9 Å². The summed E-state index contributed by atoms with van der Waals surface area (Å²) in [6, 6.07) is 31.6. The summed E-state index contributed by atoms with van der Waals surface area (Å²) in [7, 11) is 1.85. The van der Waals surface area contributed by atoms with E-state index in [-0.39, 0.29) is 17.4 Å². The number of benzene rings is 4. The second-order valence-corrected chi connectivity index (χ2v) is 8.30. The van der Waals surface area contributed by atoms with Crippen molar-refractivity contribution >= 4 is 22.3 Å². The molecule has 0 fully saturated rings. The minimum Gasteiger partial charge on any atom is -0.345 e. The van der Waals surface area contributed by atoms with E-state index in [4.69, 9.17) is 4.98 Å². The number of hydrogen-bond acceptors (Lipinski definition) is 3. The zero-order valence-corrected chi connectivity index (χ0v) is 19.0. The molecule has 0 amide bonds. The third kappa shape index (κ3) is 3.97. The fraction of sp³-hybridized carbons (Fsp3) is 0.103. The van der Waals surface area contributed by atoms with Gasteiger partial charge >= 0.3 is 0 Å². The molecule has 5 aromatic rings. The van der Waals surface area contributed by atoms with Crippen LogP contribution in [-0.4, -0.2) is 16.6 Å². The molecule has 0 bridgehead atoms. The van der Waals surface area contributed by atoms with Crippen molar-refractivity contribution < 1.29 is 4.39 Å². The molecular formula is C29H24FN3O. The van der Waals surface area contributed by atoms with E-state index in [0.717, 1.165) is 16.8 Å². The Kier molecular flexibility index (Phi) is 5.68. The molecule has 4 nitrogen and oxygen atoms in total. The van der Waals surface area contributed by atoms with Crippen LogP contribution in [0.3, 0.4) is 0 Å². The summed E-state index contributed by atoms with van der Waals surface area (Å²) in [6.45, 7) is 1.87. The van der Waals surface area contributed by atoms with E-state index in [9.17, 15) is 9.18 Å². The zero-order chi connectivity index (χ0) is 23.7. The normalized spacial score (nSPS) is 11.2. The Labute approximate surface area is 197 Å². The monoisotopic (exact) mass is 449 g/mol. The quantitative estimate of drug-likeness (QED) is 0.318. The Morgan fingerprint density at radius 1 is 0.794 bits per heavy atom. The van der Waals surface area contributed by atoms with Crippen molar-refractivity contribution in [2.75, 3.05) is 11.9 Å². The van der Waals surface area contributed by atoms with Crippen LogP contribution in [0.5, 0.6) is 0 Å². The summed E-state index contributed by atoms with van der Waals surface area (Å²) >= 11 is 0. The standard InChI is InChI=1S/C29H24FN3O/c1-20-31-27-17-16-25(32(2)24-15-9-14-23(30)18-24)19-26(27)29(34)33(20)28(21-10-5-3-6-11-21)22-12-7-4-8-13-22/h3-19,28H,1-2H3. The average Bonchev–Trinajstić information content (AvgIpc) is 2.87. The lowest BCUT2D eigenvalue weighted by molar-refractivity contribution is 0.620. The van der Waals surface area contributed by atoms with Crippen LogP contribution in [0.4, 0.5) is 15.8 Å². The van der Waals surface area contributed by atoms with Crippen molar-refractivity contribution in [2.45, 2.75) is 13.0 Å². The van der Waals surface area contributed by atoms with Crippen molar-refractivity contribution in [1.82, 2.24) is 9.55 Å². The van der Waals surface area contributed by atoms with Gasteiger partial charge in [0.15, 0.2) is 0 Å². The Morgan fingerprint density at radius 3 is 2.03 bits per heavy atom. The maximum Gasteiger partial charge on any atom is 0.262 e. The van der Waals surface area contributed by atoms with E-state index in [1.807, 2.05) is 104 Å². The van der Waals surface area contributed by atoms with Crippen LogP contribution in [0.25, 0.3) is 10.9 Å². The van der Waals surface area contributed by atoms with Gasteiger partial charge in [-0.25, -0.2) is 9.37 Å². The molecule has 0 atom stereocenters. The summed E-state index contributed by atoms with van der Waals surface area (Å²) in [5.74, 6) is 0.333. The van der Waals surface area contributed by atoms with Crippen LogP contribution >= 0.6 is 0 Å². The predicted octanol–water partition coefficient (Wildman–Crippen LogP) is 6.25. The summed E-state index contributed by atoms with van der Waals surface area (Å²) in [4.78, 5) is 20.6. The first kappa shape index (κ1) is 21.6. The second-order valence-electron chi connectivity index (χ2n) is 8.30. The molecule has 0 N–H and O–H groups in total. The van der Waals surface area contributed by atoms with Gasteiger partial charge < -0.3 is 4.90 Å². The lowest BCUT2D eigenvalue weighted by Gasteiger charge is -2.24. The van der Waals surface area contributed by atoms with Crippen LogP contribution in [0, 0.1) is 12.7 Å². The lowest BCUT2D eigenvalue weighted by atomic mass is 9.98. The molecule has 0 saturated carbocycles. The Bertz CT molecular complexity index is 1470. The lowest BCUT2D eigenvalue weighted by Crippen LogP contribution is -2.29. The first-order valence-electron chi connectivity index (χ1n) is 11.1. The van der Waals surface area contributed by atoms with Gasteiger partial charge in [-0.2, -0.15) is 0 Å². The Morgan fingerprint density at radius 2 is 1.41 bits per heavy atom. The van der Waals surface area contributed by atoms with Crippen molar-refractivity contribution in [3.63, 3.8) is 0 Å². The molecule has 0 saturated heterocycles. The highest BCUT2D eigenvalue weighted by Gasteiger charge is 2.21. The molecule has 5 heteroatoms. The maximum absolute atomic E-state index is 13.9. The molecule has 1 heterocycles. The fourth-order valence-corrected chi connectivity index (χ4v) is 4.41. The van der Waals surface area contributed by atoms with Gasteiger partial charge in [-0.05, 0) is 54.4 Å². The average molecular weight is 450 g/mol. The van der Waals surface area contributed by atoms with Crippen molar-refractivity contribution in [3.8, 4) is 0 Å². The molecule has 0 radical (unpaired) electrons. The first-order valence-corrected chi connectivity index (χ1v) is 11.1. The third-order valence-corrected chi connectivity index (χ3v) is 6.13. The van der Waals surface area contributed by atoms with Crippen LogP contribution in [0.15, 0.2) is 108 Å². The van der Waals surface area contributed by atoms with E-state index in [1.54, 1.807) is 10.6 Å². The van der Waals surface area contributed by atoms with Gasteiger partial charge in [-0.15, -0.1) is 0 Å². The van der Waals surface area contributed by atoms with Crippen molar-refractivity contribution in [3.05, 3.63) is 136 Å². The molecule has 1 aromatic heterocycles. The number of rotatable bonds is 5. The van der Waals surface area contributed by atoms with E-state index in [0.29, 0.717) is 22.4 Å². The van der Waals surface area contributed by atoms with E-state index >= 15 is 0 Å². The zero-order valence-electron chi connectivity index (χ0n) is 19.0. The molecule has 4 aromatic carbocycles. The topological polar surface area (TPSA) is 38.1 Å². The number of nitrogens with zero attached hydrogens (tertiary/aromatic N) is 3. The van der Waals surface area contributed by atoms with Gasteiger partial charge in [0, 0.05) is 18.4 Å². The Hall–Kier alpha value is -4.25. The van der Waals surface area contributed by atoms with Gasteiger partial charge in [-0.1, -0.05) is 66.7 Å². The summed E-state index contributed by atoms with van der Waals surface area (Å²) in [5.41, 5.74) is 4.01. The largest absolute Gasteiger partial charge is 0.345 e. The summed E-state index contributed by atoms with van der Waals surface area (Å²) < 4.78 is 15.5. The molecule has 0 spiro atoms. The summed E-state index contributed by atoms with van der Waals surface area (Å²) in [6.07, 6.45) is 0. The fourth-order valence-electron chi connectivity index (χ4n) is 4.41. The Balaban J connectivity index is 1.70. The molecule has 0 aliphatic carbocycles. The molecule has 0 aliphatic heterocycles. The maximum atomic E-state index is 13.9. The predicted molar refractivity (Wildman–Crippen MR) is 135 cm³/mol. The van der Waals surface area contributed by atoms with E-state index in [2.05, 4.69) is 0 Å².